The minimum atomic E-state index is -0.678. The molecule has 0 fully saturated rings. The first-order chi connectivity index (χ1) is 8.01. The zero-order chi connectivity index (χ0) is 12.7. The van der Waals surface area contributed by atoms with E-state index in [1.165, 1.54) is 5.56 Å². The maximum Gasteiger partial charge on any atom is 0.0718 e. The largest absolute Gasteiger partial charge is 0.389 e. The van der Waals surface area contributed by atoms with Crippen LogP contribution in [-0.4, -0.2) is 42.4 Å². The Morgan fingerprint density at radius 2 is 1.88 bits per heavy atom. The summed E-state index contributed by atoms with van der Waals surface area (Å²) in [6.07, 6.45) is 0. The summed E-state index contributed by atoms with van der Waals surface area (Å²) in [5.74, 6) is 0. The molecule has 0 aliphatic rings. The molecule has 96 valence electrons. The number of rotatable bonds is 7. The minimum absolute atomic E-state index is 0.644. The van der Waals surface area contributed by atoms with Crippen molar-refractivity contribution >= 4 is 0 Å². The van der Waals surface area contributed by atoms with Crippen LogP contribution in [0.25, 0.3) is 0 Å². The lowest BCUT2D eigenvalue weighted by molar-refractivity contribution is 0.0247. The average Bonchev–Trinajstić information content (AvgIpc) is 2.25. The summed E-state index contributed by atoms with van der Waals surface area (Å²) in [5, 5.41) is 9.88. The van der Waals surface area contributed by atoms with E-state index >= 15 is 0 Å². The van der Waals surface area contributed by atoms with Gasteiger partial charge in [0, 0.05) is 26.7 Å². The van der Waals surface area contributed by atoms with Crippen LogP contribution in [-0.2, 0) is 11.3 Å². The topological polar surface area (TPSA) is 32.7 Å². The lowest BCUT2D eigenvalue weighted by atomic mass is 10.1. The van der Waals surface area contributed by atoms with Gasteiger partial charge in [0.15, 0.2) is 0 Å². The van der Waals surface area contributed by atoms with Gasteiger partial charge in [0.25, 0.3) is 0 Å². The van der Waals surface area contributed by atoms with Crippen molar-refractivity contribution in [1.29, 1.82) is 0 Å². The van der Waals surface area contributed by atoms with E-state index < -0.39 is 5.60 Å². The Hall–Kier alpha value is -0.900. The Morgan fingerprint density at radius 3 is 2.41 bits per heavy atom. The van der Waals surface area contributed by atoms with Crippen LogP contribution in [0.4, 0.5) is 0 Å². The van der Waals surface area contributed by atoms with Gasteiger partial charge in [0.2, 0.25) is 0 Å². The van der Waals surface area contributed by atoms with E-state index in [-0.39, 0.29) is 0 Å². The van der Waals surface area contributed by atoms with Crippen molar-refractivity contribution in [3.8, 4) is 0 Å². The van der Waals surface area contributed by atoms with Crippen molar-refractivity contribution in [2.24, 2.45) is 0 Å². The molecule has 1 N–H and O–H groups in total. The van der Waals surface area contributed by atoms with Crippen LogP contribution in [0.1, 0.15) is 19.4 Å². The van der Waals surface area contributed by atoms with Gasteiger partial charge in [-0.15, -0.1) is 0 Å². The van der Waals surface area contributed by atoms with Gasteiger partial charge in [-0.25, -0.2) is 0 Å². The summed E-state index contributed by atoms with van der Waals surface area (Å²) in [7, 11) is 1.70. The molecule has 0 aromatic heterocycles. The van der Waals surface area contributed by atoms with Gasteiger partial charge in [0.05, 0.1) is 12.2 Å². The van der Waals surface area contributed by atoms with E-state index in [0.717, 1.165) is 13.1 Å². The normalized spacial score (nSPS) is 12.1. The molecule has 0 unspecified atom stereocenters. The third-order valence-electron chi connectivity index (χ3n) is 2.47. The lowest BCUT2D eigenvalue weighted by Crippen LogP contribution is -2.39. The van der Waals surface area contributed by atoms with E-state index in [2.05, 4.69) is 17.0 Å². The van der Waals surface area contributed by atoms with Crippen LogP contribution in [0.2, 0.25) is 0 Å². The lowest BCUT2D eigenvalue weighted by Gasteiger charge is -2.28. The second-order valence-electron chi connectivity index (χ2n) is 5.00. The van der Waals surface area contributed by atoms with Gasteiger partial charge in [0.1, 0.15) is 0 Å². The van der Waals surface area contributed by atoms with Gasteiger partial charge in [-0.1, -0.05) is 30.3 Å². The second-order valence-corrected chi connectivity index (χ2v) is 5.00. The maximum atomic E-state index is 9.88. The molecule has 0 atom stereocenters. The fraction of sp³-hybridized carbons (Fsp3) is 0.571. The standard InChI is InChI=1S/C14H23NO2/c1-14(2,16)12-15(9-10-17-3)11-13-7-5-4-6-8-13/h4-8,16H,9-12H2,1-3H3. The molecular weight excluding hydrogens is 214 g/mol. The summed E-state index contributed by atoms with van der Waals surface area (Å²) >= 11 is 0. The van der Waals surface area contributed by atoms with Crippen LogP contribution in [0, 0.1) is 0 Å². The minimum Gasteiger partial charge on any atom is -0.389 e. The summed E-state index contributed by atoms with van der Waals surface area (Å²) in [5.41, 5.74) is 0.579. The van der Waals surface area contributed by atoms with Crippen molar-refractivity contribution < 1.29 is 9.84 Å². The number of nitrogens with zero attached hydrogens (tertiary/aromatic N) is 1. The molecule has 0 amide bonds. The number of benzene rings is 1. The Bertz CT molecular complexity index is 306. The molecule has 0 spiro atoms. The van der Waals surface area contributed by atoms with Crippen molar-refractivity contribution in [2.45, 2.75) is 26.0 Å². The first-order valence-electron chi connectivity index (χ1n) is 5.99. The molecule has 0 aliphatic carbocycles. The van der Waals surface area contributed by atoms with E-state index in [9.17, 15) is 5.11 Å². The van der Waals surface area contributed by atoms with Gasteiger partial charge in [-0.2, -0.15) is 0 Å². The van der Waals surface area contributed by atoms with Crippen molar-refractivity contribution in [3.05, 3.63) is 35.9 Å². The molecule has 0 saturated heterocycles. The first-order valence-corrected chi connectivity index (χ1v) is 5.99. The quantitative estimate of drug-likeness (QED) is 0.786. The van der Waals surface area contributed by atoms with Gasteiger partial charge in [-0.3, -0.25) is 4.90 Å². The van der Waals surface area contributed by atoms with Gasteiger partial charge >= 0.3 is 0 Å². The van der Waals surface area contributed by atoms with Crippen LogP contribution >= 0.6 is 0 Å². The molecule has 0 saturated carbocycles. The summed E-state index contributed by atoms with van der Waals surface area (Å²) < 4.78 is 5.10. The molecule has 1 aromatic rings. The molecule has 17 heavy (non-hydrogen) atoms. The Labute approximate surface area is 104 Å². The summed E-state index contributed by atoms with van der Waals surface area (Å²) in [6, 6.07) is 10.3. The van der Waals surface area contributed by atoms with Crippen molar-refractivity contribution in [2.75, 3.05) is 26.8 Å². The maximum absolute atomic E-state index is 9.88. The van der Waals surface area contributed by atoms with Crippen LogP contribution < -0.4 is 0 Å². The van der Waals surface area contributed by atoms with Crippen molar-refractivity contribution in [1.82, 2.24) is 4.90 Å². The van der Waals surface area contributed by atoms with Gasteiger partial charge in [-0.05, 0) is 19.4 Å². The van der Waals surface area contributed by atoms with Crippen LogP contribution in [0.15, 0.2) is 30.3 Å². The van der Waals surface area contributed by atoms with Gasteiger partial charge < -0.3 is 9.84 Å². The molecule has 1 aromatic carbocycles. The summed E-state index contributed by atoms with van der Waals surface area (Å²) in [6.45, 7) is 6.66. The Balaban J connectivity index is 2.57. The molecule has 0 bridgehead atoms. The number of ether oxygens (including phenoxy) is 1. The number of hydrogen-bond donors (Lipinski definition) is 1. The molecular formula is C14H23NO2. The fourth-order valence-electron chi connectivity index (χ4n) is 1.82. The molecule has 0 heterocycles. The predicted octanol–water partition coefficient (Wildman–Crippen LogP) is 1.91. The second kappa shape index (κ2) is 6.74. The van der Waals surface area contributed by atoms with E-state index in [1.54, 1.807) is 7.11 Å². The monoisotopic (exact) mass is 237 g/mol. The zero-order valence-electron chi connectivity index (χ0n) is 11.0. The number of hydrogen-bond acceptors (Lipinski definition) is 3. The number of aliphatic hydroxyl groups is 1. The van der Waals surface area contributed by atoms with Crippen LogP contribution in [0.3, 0.4) is 0 Å². The highest BCUT2D eigenvalue weighted by Crippen LogP contribution is 2.09. The van der Waals surface area contributed by atoms with E-state index in [0.29, 0.717) is 13.2 Å². The van der Waals surface area contributed by atoms with E-state index in [4.69, 9.17) is 4.74 Å². The highest BCUT2D eigenvalue weighted by atomic mass is 16.5. The Kier molecular flexibility index (Phi) is 5.62. The SMILES string of the molecule is COCCN(Cc1ccccc1)CC(C)(C)O. The average molecular weight is 237 g/mol. The third kappa shape index (κ3) is 6.41. The van der Waals surface area contributed by atoms with E-state index in [1.807, 2.05) is 32.0 Å². The number of methoxy groups -OCH3 is 1. The van der Waals surface area contributed by atoms with Crippen molar-refractivity contribution in [3.63, 3.8) is 0 Å². The smallest absolute Gasteiger partial charge is 0.0718 e. The molecule has 3 nitrogen and oxygen atoms in total. The fourth-order valence-corrected chi connectivity index (χ4v) is 1.82. The highest BCUT2D eigenvalue weighted by molar-refractivity contribution is 5.14. The molecule has 0 radical (unpaired) electrons. The molecule has 3 heteroatoms. The highest BCUT2D eigenvalue weighted by Gasteiger charge is 2.18. The van der Waals surface area contributed by atoms with Crippen LogP contribution in [0.5, 0.6) is 0 Å². The Morgan fingerprint density at radius 1 is 1.24 bits per heavy atom. The summed E-state index contributed by atoms with van der Waals surface area (Å²) in [4.78, 5) is 2.21. The molecule has 1 rings (SSSR count). The predicted molar refractivity (Wildman–Crippen MR) is 69.9 cm³/mol. The first kappa shape index (κ1) is 14.2. The zero-order valence-corrected chi connectivity index (χ0v) is 11.0. The molecule has 0 aliphatic heterocycles. The third-order valence-corrected chi connectivity index (χ3v) is 2.47.